The predicted octanol–water partition coefficient (Wildman–Crippen LogP) is 3.96. The van der Waals surface area contributed by atoms with Gasteiger partial charge in [-0.2, -0.15) is 0 Å². The average Bonchev–Trinajstić information content (AvgIpc) is 3.26. The van der Waals surface area contributed by atoms with Crippen LogP contribution < -0.4 is 5.32 Å². The van der Waals surface area contributed by atoms with Crippen LogP contribution in [0.3, 0.4) is 0 Å². The van der Waals surface area contributed by atoms with Crippen LogP contribution in [-0.2, 0) is 10.3 Å². The Bertz CT molecular complexity index is 496. The fourth-order valence-corrected chi connectivity index (χ4v) is 3.36. The molecule has 0 amide bonds. The van der Waals surface area contributed by atoms with Crippen LogP contribution >= 0.6 is 15.9 Å². The summed E-state index contributed by atoms with van der Waals surface area (Å²) in [4.78, 5) is 9.58. The number of rotatable bonds is 4. The van der Waals surface area contributed by atoms with E-state index in [4.69, 9.17) is 14.7 Å². The van der Waals surface area contributed by atoms with Crippen LogP contribution in [-0.4, -0.2) is 23.1 Å². The Labute approximate surface area is 128 Å². The number of hydrogen-bond acceptors (Lipinski definition) is 4. The van der Waals surface area contributed by atoms with E-state index in [0.29, 0.717) is 5.92 Å². The molecular formula is C15H22BrN3O. The van der Waals surface area contributed by atoms with Gasteiger partial charge >= 0.3 is 0 Å². The third-order valence-electron chi connectivity index (χ3n) is 4.13. The number of hydrogen-bond donors (Lipinski definition) is 1. The zero-order valence-corrected chi connectivity index (χ0v) is 13.8. The first-order valence-corrected chi connectivity index (χ1v) is 8.39. The van der Waals surface area contributed by atoms with Crippen molar-refractivity contribution in [2.75, 3.05) is 18.5 Å². The first-order valence-electron chi connectivity index (χ1n) is 7.60. The van der Waals surface area contributed by atoms with E-state index < -0.39 is 0 Å². The molecule has 1 N–H and O–H groups in total. The summed E-state index contributed by atoms with van der Waals surface area (Å²) in [6.07, 6.45) is 5.80. The van der Waals surface area contributed by atoms with E-state index >= 15 is 0 Å². The molecule has 5 heteroatoms. The van der Waals surface area contributed by atoms with E-state index in [9.17, 15) is 0 Å². The topological polar surface area (TPSA) is 47.0 Å². The van der Waals surface area contributed by atoms with Gasteiger partial charge < -0.3 is 10.1 Å². The highest BCUT2D eigenvalue weighted by atomic mass is 79.9. The van der Waals surface area contributed by atoms with Crippen molar-refractivity contribution in [2.24, 2.45) is 0 Å². The molecule has 4 nitrogen and oxygen atoms in total. The number of nitrogens with zero attached hydrogens (tertiary/aromatic N) is 2. The molecule has 1 atom stereocenters. The van der Waals surface area contributed by atoms with Crippen LogP contribution in [0.5, 0.6) is 0 Å². The second-order valence-corrected chi connectivity index (χ2v) is 6.73. The number of ether oxygens (including phenoxy) is 1. The van der Waals surface area contributed by atoms with Gasteiger partial charge in [0.15, 0.2) is 5.82 Å². The maximum Gasteiger partial charge on any atom is 0.162 e. The quantitative estimate of drug-likeness (QED) is 0.901. The van der Waals surface area contributed by atoms with Gasteiger partial charge in [0.25, 0.3) is 0 Å². The summed E-state index contributed by atoms with van der Waals surface area (Å²) in [5, 5.41) is 3.34. The molecule has 2 fully saturated rings. The first-order chi connectivity index (χ1) is 9.64. The second-order valence-electron chi connectivity index (χ2n) is 5.94. The highest BCUT2D eigenvalue weighted by molar-refractivity contribution is 9.10. The van der Waals surface area contributed by atoms with Gasteiger partial charge in [0, 0.05) is 19.1 Å². The Morgan fingerprint density at radius 1 is 1.35 bits per heavy atom. The van der Waals surface area contributed by atoms with Crippen LogP contribution in [0.2, 0.25) is 0 Å². The van der Waals surface area contributed by atoms with Crippen LogP contribution in [0, 0.1) is 0 Å². The molecule has 0 radical (unpaired) electrons. The molecule has 2 aliphatic rings. The lowest BCUT2D eigenvalue weighted by molar-refractivity contribution is -0.0761. The molecule has 110 valence electrons. The number of halogens is 1. The molecule has 1 saturated carbocycles. The molecule has 0 spiro atoms. The lowest BCUT2D eigenvalue weighted by Gasteiger charge is -2.33. The molecule has 1 aromatic heterocycles. The standard InChI is InChI=1S/C15H22BrN3O/c1-3-17-13-11(16)12(10-6-7-10)18-14(19-13)15(2)8-4-5-9-20-15/h10H,3-9H2,1-2H3,(H,17,18,19). The summed E-state index contributed by atoms with van der Waals surface area (Å²) in [6.45, 7) is 5.88. The maximum absolute atomic E-state index is 6.01. The van der Waals surface area contributed by atoms with Crippen molar-refractivity contribution >= 4 is 21.7 Å². The van der Waals surface area contributed by atoms with Crippen molar-refractivity contribution in [1.29, 1.82) is 0 Å². The molecule has 3 rings (SSSR count). The van der Waals surface area contributed by atoms with Gasteiger partial charge in [0.1, 0.15) is 11.4 Å². The zero-order chi connectivity index (χ0) is 14.2. The Hall–Kier alpha value is -0.680. The van der Waals surface area contributed by atoms with Crippen LogP contribution in [0.1, 0.15) is 63.4 Å². The normalized spacial score (nSPS) is 26.6. The Morgan fingerprint density at radius 2 is 2.15 bits per heavy atom. The van der Waals surface area contributed by atoms with Gasteiger partial charge in [-0.15, -0.1) is 0 Å². The van der Waals surface area contributed by atoms with Crippen molar-refractivity contribution in [3.05, 3.63) is 16.0 Å². The van der Waals surface area contributed by atoms with Gasteiger partial charge in [0.05, 0.1) is 10.2 Å². The van der Waals surface area contributed by atoms with Crippen molar-refractivity contribution in [3.63, 3.8) is 0 Å². The number of anilines is 1. The van der Waals surface area contributed by atoms with Crippen LogP contribution in [0.15, 0.2) is 4.47 Å². The Kier molecular flexibility index (Phi) is 4.00. The molecule has 0 aromatic carbocycles. The summed E-state index contributed by atoms with van der Waals surface area (Å²) in [7, 11) is 0. The van der Waals surface area contributed by atoms with E-state index in [0.717, 1.165) is 47.8 Å². The van der Waals surface area contributed by atoms with E-state index in [2.05, 4.69) is 35.1 Å². The van der Waals surface area contributed by atoms with E-state index in [1.54, 1.807) is 0 Å². The third-order valence-corrected chi connectivity index (χ3v) is 4.91. The van der Waals surface area contributed by atoms with Crippen LogP contribution in [0.25, 0.3) is 0 Å². The van der Waals surface area contributed by atoms with Gasteiger partial charge in [-0.1, -0.05) is 0 Å². The van der Waals surface area contributed by atoms with Crippen molar-refractivity contribution < 1.29 is 4.74 Å². The van der Waals surface area contributed by atoms with Gasteiger partial charge in [-0.05, 0) is 61.9 Å². The molecule has 1 aromatic rings. The highest BCUT2D eigenvalue weighted by Gasteiger charge is 2.36. The number of nitrogens with one attached hydrogen (secondary N) is 1. The molecule has 1 aliphatic carbocycles. The minimum atomic E-state index is -0.327. The fourth-order valence-electron chi connectivity index (χ4n) is 2.72. The van der Waals surface area contributed by atoms with Gasteiger partial charge in [0.2, 0.25) is 0 Å². The zero-order valence-electron chi connectivity index (χ0n) is 12.2. The van der Waals surface area contributed by atoms with E-state index in [1.807, 2.05) is 0 Å². The van der Waals surface area contributed by atoms with Crippen LogP contribution in [0.4, 0.5) is 5.82 Å². The van der Waals surface area contributed by atoms with Crippen molar-refractivity contribution in [3.8, 4) is 0 Å². The second kappa shape index (κ2) is 5.60. The van der Waals surface area contributed by atoms with E-state index in [1.165, 1.54) is 19.3 Å². The summed E-state index contributed by atoms with van der Waals surface area (Å²) in [6, 6.07) is 0. The summed E-state index contributed by atoms with van der Waals surface area (Å²) < 4.78 is 7.04. The Balaban J connectivity index is 2.01. The fraction of sp³-hybridized carbons (Fsp3) is 0.733. The molecule has 1 unspecified atom stereocenters. The Morgan fingerprint density at radius 3 is 2.75 bits per heavy atom. The molecule has 0 bridgehead atoms. The largest absolute Gasteiger partial charge is 0.369 e. The first kappa shape index (κ1) is 14.3. The molecule has 2 heterocycles. The van der Waals surface area contributed by atoms with Gasteiger partial charge in [-0.25, -0.2) is 9.97 Å². The highest BCUT2D eigenvalue weighted by Crippen LogP contribution is 2.45. The molecule has 1 aliphatic heterocycles. The third kappa shape index (κ3) is 2.70. The van der Waals surface area contributed by atoms with Crippen molar-refractivity contribution in [1.82, 2.24) is 9.97 Å². The number of aromatic nitrogens is 2. The summed E-state index contributed by atoms with van der Waals surface area (Å²) in [5.74, 6) is 2.35. The predicted molar refractivity (Wildman–Crippen MR) is 83.0 cm³/mol. The molecule has 20 heavy (non-hydrogen) atoms. The summed E-state index contributed by atoms with van der Waals surface area (Å²) >= 11 is 3.67. The van der Waals surface area contributed by atoms with Crippen molar-refractivity contribution in [2.45, 2.75) is 57.5 Å². The van der Waals surface area contributed by atoms with E-state index in [-0.39, 0.29) is 5.60 Å². The SMILES string of the molecule is CCNc1nc(C2(C)CCCCO2)nc(C2CC2)c1Br. The minimum absolute atomic E-state index is 0.327. The minimum Gasteiger partial charge on any atom is -0.369 e. The average molecular weight is 340 g/mol. The summed E-state index contributed by atoms with van der Waals surface area (Å²) in [5.41, 5.74) is 0.827. The lowest BCUT2D eigenvalue weighted by atomic mass is 9.95. The molecule has 1 saturated heterocycles. The molecular weight excluding hydrogens is 318 g/mol. The monoisotopic (exact) mass is 339 g/mol. The lowest BCUT2D eigenvalue weighted by Crippen LogP contribution is -2.33. The smallest absolute Gasteiger partial charge is 0.162 e. The maximum atomic E-state index is 6.01. The van der Waals surface area contributed by atoms with Gasteiger partial charge in [-0.3, -0.25) is 0 Å².